The number of hydrogen-bond acceptors (Lipinski definition) is 6. The van der Waals surface area contributed by atoms with Crippen LogP contribution in [0.2, 0.25) is 0 Å². The van der Waals surface area contributed by atoms with Crippen molar-refractivity contribution in [3.8, 4) is 17.1 Å². The van der Waals surface area contributed by atoms with Crippen LogP contribution in [0.5, 0.6) is 5.75 Å². The molecule has 0 unspecified atom stereocenters. The van der Waals surface area contributed by atoms with Crippen molar-refractivity contribution in [2.45, 2.75) is 72.5 Å². The number of amides is 1. The van der Waals surface area contributed by atoms with Gasteiger partial charge in [0.15, 0.2) is 5.76 Å². The molecule has 1 amide bonds. The Kier molecular flexibility index (Phi) is 8.58. The standard InChI is InChI=1S/C26H36N2O6/c1-16(2)11-12-28(5)26(31)32-15-22-18(4)27-34-24(22)19-9-10-23(17(3)13-19)33-21-8-6-7-20(14-21)25(29)30/h9-10,13,16,20-21H,6-8,11-12,14-15H2,1-5H3,(H,29,30)/t20-,21-/m0/s1. The summed E-state index contributed by atoms with van der Waals surface area (Å²) in [6.45, 7) is 8.72. The summed E-state index contributed by atoms with van der Waals surface area (Å²) >= 11 is 0. The number of carboxylic acid groups (broad SMARTS) is 1. The summed E-state index contributed by atoms with van der Waals surface area (Å²) in [6.07, 6.45) is 3.37. The number of carboxylic acids is 1. The number of aryl methyl sites for hydroxylation is 2. The van der Waals surface area contributed by atoms with Crippen LogP contribution < -0.4 is 4.74 Å². The lowest BCUT2D eigenvalue weighted by Crippen LogP contribution is -2.29. The molecule has 2 atom stereocenters. The third-order valence-corrected chi connectivity index (χ3v) is 6.38. The van der Waals surface area contributed by atoms with Crippen molar-refractivity contribution in [2.75, 3.05) is 13.6 Å². The van der Waals surface area contributed by atoms with Gasteiger partial charge in [-0.3, -0.25) is 4.79 Å². The van der Waals surface area contributed by atoms with E-state index in [-0.39, 0.29) is 24.7 Å². The second-order valence-corrected chi connectivity index (χ2v) is 9.66. The van der Waals surface area contributed by atoms with Crippen LogP contribution in [0.15, 0.2) is 22.7 Å². The zero-order valence-corrected chi connectivity index (χ0v) is 20.8. The molecular formula is C26H36N2O6. The van der Waals surface area contributed by atoms with Crippen LogP contribution in [0.4, 0.5) is 4.79 Å². The van der Waals surface area contributed by atoms with Gasteiger partial charge >= 0.3 is 12.1 Å². The lowest BCUT2D eigenvalue weighted by molar-refractivity contribution is -0.143. The van der Waals surface area contributed by atoms with E-state index in [2.05, 4.69) is 19.0 Å². The van der Waals surface area contributed by atoms with Crippen molar-refractivity contribution in [2.24, 2.45) is 11.8 Å². The molecule has 34 heavy (non-hydrogen) atoms. The van der Waals surface area contributed by atoms with Gasteiger partial charge < -0.3 is 24.0 Å². The van der Waals surface area contributed by atoms with Crippen molar-refractivity contribution in [3.63, 3.8) is 0 Å². The third-order valence-electron chi connectivity index (χ3n) is 6.38. The van der Waals surface area contributed by atoms with Gasteiger partial charge in [-0.1, -0.05) is 19.0 Å². The minimum Gasteiger partial charge on any atom is -0.490 e. The van der Waals surface area contributed by atoms with Gasteiger partial charge in [0.25, 0.3) is 0 Å². The molecule has 1 aromatic carbocycles. The molecule has 1 aliphatic carbocycles. The van der Waals surface area contributed by atoms with Crippen LogP contribution in [0.1, 0.15) is 62.8 Å². The Labute approximate surface area is 201 Å². The zero-order chi connectivity index (χ0) is 24.8. The molecule has 1 saturated carbocycles. The molecule has 1 fully saturated rings. The summed E-state index contributed by atoms with van der Waals surface area (Å²) in [5, 5.41) is 13.4. The first kappa shape index (κ1) is 25.6. The van der Waals surface area contributed by atoms with Crippen LogP contribution in [-0.2, 0) is 16.1 Å². The first-order chi connectivity index (χ1) is 16.2. The van der Waals surface area contributed by atoms with Crippen LogP contribution >= 0.6 is 0 Å². The van der Waals surface area contributed by atoms with E-state index in [1.165, 1.54) is 0 Å². The molecule has 0 saturated heterocycles. The minimum absolute atomic E-state index is 0.0749. The maximum absolute atomic E-state index is 12.4. The first-order valence-electron chi connectivity index (χ1n) is 12.0. The maximum atomic E-state index is 12.4. The molecule has 0 radical (unpaired) electrons. The number of nitrogens with zero attached hydrogens (tertiary/aromatic N) is 2. The highest BCUT2D eigenvalue weighted by Crippen LogP contribution is 2.33. The number of hydrogen-bond donors (Lipinski definition) is 1. The summed E-state index contributed by atoms with van der Waals surface area (Å²) in [4.78, 5) is 25.3. The first-order valence-corrected chi connectivity index (χ1v) is 12.0. The lowest BCUT2D eigenvalue weighted by Gasteiger charge is -2.28. The van der Waals surface area contributed by atoms with Gasteiger partial charge in [-0.05, 0) is 75.6 Å². The van der Waals surface area contributed by atoms with Gasteiger partial charge in [-0.2, -0.15) is 0 Å². The Morgan fingerprint density at radius 1 is 1.26 bits per heavy atom. The second kappa shape index (κ2) is 11.4. The molecule has 0 aliphatic heterocycles. The van der Waals surface area contributed by atoms with Crippen molar-refractivity contribution < 1.29 is 28.7 Å². The molecule has 8 heteroatoms. The molecule has 0 spiro atoms. The van der Waals surface area contributed by atoms with E-state index >= 15 is 0 Å². The van der Waals surface area contributed by atoms with E-state index in [0.29, 0.717) is 36.8 Å². The molecular weight excluding hydrogens is 436 g/mol. The highest BCUT2D eigenvalue weighted by molar-refractivity contribution is 5.70. The zero-order valence-electron chi connectivity index (χ0n) is 20.8. The highest BCUT2D eigenvalue weighted by Gasteiger charge is 2.28. The Morgan fingerprint density at radius 3 is 2.71 bits per heavy atom. The van der Waals surface area contributed by atoms with Gasteiger partial charge in [-0.25, -0.2) is 4.79 Å². The molecule has 186 valence electrons. The molecule has 3 rings (SSSR count). The van der Waals surface area contributed by atoms with Gasteiger partial charge in [0.1, 0.15) is 12.4 Å². The smallest absolute Gasteiger partial charge is 0.409 e. The topological polar surface area (TPSA) is 102 Å². The van der Waals surface area contributed by atoms with E-state index in [0.717, 1.165) is 41.7 Å². The largest absolute Gasteiger partial charge is 0.490 e. The fraction of sp³-hybridized carbons (Fsp3) is 0.577. The summed E-state index contributed by atoms with van der Waals surface area (Å²) < 4.78 is 17.3. The Balaban J connectivity index is 1.67. The quantitative estimate of drug-likeness (QED) is 0.507. The Hall–Kier alpha value is -3.03. The fourth-order valence-corrected chi connectivity index (χ4v) is 4.15. The average Bonchev–Trinajstić information content (AvgIpc) is 3.17. The second-order valence-electron chi connectivity index (χ2n) is 9.66. The lowest BCUT2D eigenvalue weighted by atomic mass is 9.87. The monoisotopic (exact) mass is 472 g/mol. The third kappa shape index (κ3) is 6.52. The predicted molar refractivity (Wildman–Crippen MR) is 128 cm³/mol. The maximum Gasteiger partial charge on any atom is 0.409 e. The SMILES string of the molecule is Cc1cc(-c2onc(C)c2COC(=O)N(C)CCC(C)C)ccc1O[C@H]1CCC[C@H](C(=O)O)C1. The number of benzene rings is 1. The van der Waals surface area contributed by atoms with Crippen molar-refractivity contribution in [1.29, 1.82) is 0 Å². The van der Waals surface area contributed by atoms with E-state index in [4.69, 9.17) is 14.0 Å². The highest BCUT2D eigenvalue weighted by atomic mass is 16.6. The number of ether oxygens (including phenoxy) is 2. The van der Waals surface area contributed by atoms with Crippen LogP contribution in [-0.4, -0.2) is 46.9 Å². The number of aromatic nitrogens is 1. The molecule has 0 bridgehead atoms. The summed E-state index contributed by atoms with van der Waals surface area (Å²) in [5.74, 6) is 0.712. The van der Waals surface area contributed by atoms with E-state index in [1.807, 2.05) is 32.0 Å². The summed E-state index contributed by atoms with van der Waals surface area (Å²) in [5.41, 5.74) is 3.14. The average molecular weight is 473 g/mol. The molecule has 1 heterocycles. The van der Waals surface area contributed by atoms with E-state index < -0.39 is 5.97 Å². The molecule has 1 aliphatic rings. The Bertz CT molecular complexity index is 999. The number of rotatable bonds is 9. The van der Waals surface area contributed by atoms with Crippen molar-refractivity contribution in [3.05, 3.63) is 35.0 Å². The summed E-state index contributed by atoms with van der Waals surface area (Å²) in [7, 11) is 1.74. The van der Waals surface area contributed by atoms with Crippen molar-refractivity contribution >= 4 is 12.1 Å². The predicted octanol–water partition coefficient (Wildman–Crippen LogP) is 5.60. The van der Waals surface area contributed by atoms with Gasteiger partial charge in [0.05, 0.1) is 23.3 Å². The molecule has 8 nitrogen and oxygen atoms in total. The number of aliphatic carboxylic acids is 1. The number of carbonyl (C=O) groups is 2. The van der Waals surface area contributed by atoms with Crippen LogP contribution in [0, 0.1) is 25.7 Å². The van der Waals surface area contributed by atoms with E-state index in [1.54, 1.807) is 11.9 Å². The minimum atomic E-state index is -0.750. The number of carbonyl (C=O) groups excluding carboxylic acids is 1. The normalized spacial score (nSPS) is 18.1. The van der Waals surface area contributed by atoms with Crippen LogP contribution in [0.25, 0.3) is 11.3 Å². The molecule has 2 aromatic rings. The summed E-state index contributed by atoms with van der Waals surface area (Å²) in [6, 6.07) is 5.72. The van der Waals surface area contributed by atoms with Gasteiger partial charge in [0, 0.05) is 19.2 Å². The Morgan fingerprint density at radius 2 is 2.03 bits per heavy atom. The molecule has 1 N–H and O–H groups in total. The van der Waals surface area contributed by atoms with Crippen LogP contribution in [0.3, 0.4) is 0 Å². The van der Waals surface area contributed by atoms with Crippen molar-refractivity contribution in [1.82, 2.24) is 10.1 Å². The molecule has 1 aromatic heterocycles. The van der Waals surface area contributed by atoms with Gasteiger partial charge in [-0.15, -0.1) is 0 Å². The fourth-order valence-electron chi connectivity index (χ4n) is 4.15. The van der Waals surface area contributed by atoms with E-state index in [9.17, 15) is 14.7 Å². The van der Waals surface area contributed by atoms with Gasteiger partial charge in [0.2, 0.25) is 0 Å².